The van der Waals surface area contributed by atoms with Crippen LogP contribution in [0.4, 0.5) is 4.39 Å². The van der Waals surface area contributed by atoms with Crippen molar-refractivity contribution >= 4 is 23.2 Å². The van der Waals surface area contributed by atoms with E-state index in [1.165, 1.54) is 12.1 Å². The molecule has 0 aliphatic carbocycles. The lowest BCUT2D eigenvalue weighted by molar-refractivity contribution is 0.625. The van der Waals surface area contributed by atoms with E-state index < -0.39 is 0 Å². The zero-order valence-corrected chi connectivity index (χ0v) is 11.3. The van der Waals surface area contributed by atoms with Crippen LogP contribution in [0.2, 0.25) is 5.02 Å². The molecule has 2 unspecified atom stereocenters. The molecule has 0 aliphatic rings. The lowest BCUT2D eigenvalue weighted by Crippen LogP contribution is -2.03. The van der Waals surface area contributed by atoms with Crippen LogP contribution in [0.3, 0.4) is 0 Å². The Bertz CT molecular complexity index is 531. The number of rotatable bonds is 3. The zero-order chi connectivity index (χ0) is 13.1. The SMILES string of the molecule is CC(c1ccncc1)C(Cl)c1ccc(F)cc1Cl. The quantitative estimate of drug-likeness (QED) is 0.726. The molecule has 0 saturated carbocycles. The van der Waals surface area contributed by atoms with Crippen molar-refractivity contribution in [1.82, 2.24) is 4.98 Å². The fourth-order valence-corrected chi connectivity index (χ4v) is 2.51. The smallest absolute Gasteiger partial charge is 0.124 e. The van der Waals surface area contributed by atoms with Gasteiger partial charge in [-0.3, -0.25) is 4.98 Å². The molecule has 1 heterocycles. The summed E-state index contributed by atoms with van der Waals surface area (Å²) in [6.45, 7) is 2.01. The van der Waals surface area contributed by atoms with E-state index in [2.05, 4.69) is 4.98 Å². The molecule has 0 amide bonds. The lowest BCUT2D eigenvalue weighted by Gasteiger charge is -2.19. The van der Waals surface area contributed by atoms with E-state index in [1.807, 2.05) is 19.1 Å². The van der Waals surface area contributed by atoms with E-state index in [0.29, 0.717) is 5.02 Å². The first kappa shape index (κ1) is 13.3. The molecule has 0 bridgehead atoms. The predicted octanol–water partition coefficient (Wildman–Crippen LogP) is 4.96. The zero-order valence-electron chi connectivity index (χ0n) is 9.78. The number of benzene rings is 1. The molecule has 2 atom stereocenters. The highest BCUT2D eigenvalue weighted by molar-refractivity contribution is 6.32. The van der Waals surface area contributed by atoms with Crippen molar-refractivity contribution in [3.63, 3.8) is 0 Å². The van der Waals surface area contributed by atoms with Gasteiger partial charge in [-0.1, -0.05) is 24.6 Å². The summed E-state index contributed by atoms with van der Waals surface area (Å²) < 4.78 is 13.0. The average Bonchev–Trinajstić information content (AvgIpc) is 2.38. The number of hydrogen-bond acceptors (Lipinski definition) is 1. The van der Waals surface area contributed by atoms with Crippen LogP contribution in [0.25, 0.3) is 0 Å². The van der Waals surface area contributed by atoms with E-state index >= 15 is 0 Å². The number of nitrogens with zero attached hydrogens (tertiary/aromatic N) is 1. The molecule has 0 N–H and O–H groups in total. The van der Waals surface area contributed by atoms with Gasteiger partial charge < -0.3 is 0 Å². The van der Waals surface area contributed by atoms with E-state index in [-0.39, 0.29) is 17.1 Å². The second-order valence-corrected chi connectivity index (χ2v) is 5.01. The van der Waals surface area contributed by atoms with Gasteiger partial charge in [0.05, 0.1) is 5.38 Å². The topological polar surface area (TPSA) is 12.9 Å². The van der Waals surface area contributed by atoms with Crippen molar-refractivity contribution in [3.05, 3.63) is 64.7 Å². The van der Waals surface area contributed by atoms with Crippen LogP contribution >= 0.6 is 23.2 Å². The third kappa shape index (κ3) is 2.82. The second kappa shape index (κ2) is 5.68. The van der Waals surface area contributed by atoms with Crippen LogP contribution in [0, 0.1) is 5.82 Å². The van der Waals surface area contributed by atoms with Gasteiger partial charge in [0.1, 0.15) is 5.82 Å². The molecule has 0 fully saturated rings. The molecule has 2 aromatic rings. The summed E-state index contributed by atoms with van der Waals surface area (Å²) in [5, 5.41) is 0.0522. The molecule has 18 heavy (non-hydrogen) atoms. The Morgan fingerprint density at radius 1 is 1.17 bits per heavy atom. The Balaban J connectivity index is 2.28. The predicted molar refractivity (Wildman–Crippen MR) is 72.7 cm³/mol. The van der Waals surface area contributed by atoms with Crippen molar-refractivity contribution < 1.29 is 4.39 Å². The summed E-state index contributed by atoms with van der Waals surface area (Å²) >= 11 is 12.4. The third-order valence-electron chi connectivity index (χ3n) is 2.93. The molecule has 4 heteroatoms. The monoisotopic (exact) mass is 283 g/mol. The Labute approximate surface area is 116 Å². The highest BCUT2D eigenvalue weighted by Gasteiger charge is 2.20. The molecule has 0 saturated heterocycles. The van der Waals surface area contributed by atoms with Gasteiger partial charge in [-0.25, -0.2) is 4.39 Å². The molecular formula is C14H12Cl2FN. The average molecular weight is 284 g/mol. The van der Waals surface area contributed by atoms with Gasteiger partial charge >= 0.3 is 0 Å². The van der Waals surface area contributed by atoms with Crippen LogP contribution in [-0.2, 0) is 0 Å². The standard InChI is InChI=1S/C14H12Cl2FN/c1-9(10-4-6-18-7-5-10)14(16)12-3-2-11(17)8-13(12)15/h2-9,14H,1H3. The van der Waals surface area contributed by atoms with Crippen molar-refractivity contribution in [2.45, 2.75) is 18.2 Å². The van der Waals surface area contributed by atoms with Gasteiger partial charge in [0, 0.05) is 23.3 Å². The first-order valence-electron chi connectivity index (χ1n) is 5.58. The van der Waals surface area contributed by atoms with Crippen LogP contribution < -0.4 is 0 Å². The highest BCUT2D eigenvalue weighted by Crippen LogP contribution is 2.39. The van der Waals surface area contributed by atoms with E-state index in [0.717, 1.165) is 11.1 Å². The minimum Gasteiger partial charge on any atom is -0.265 e. The first-order valence-corrected chi connectivity index (χ1v) is 6.40. The highest BCUT2D eigenvalue weighted by atomic mass is 35.5. The number of aromatic nitrogens is 1. The van der Waals surface area contributed by atoms with Crippen molar-refractivity contribution in [2.75, 3.05) is 0 Å². The van der Waals surface area contributed by atoms with Gasteiger partial charge in [-0.05, 0) is 35.4 Å². The number of pyridine rings is 1. The molecule has 1 aromatic heterocycles. The molecular weight excluding hydrogens is 272 g/mol. The van der Waals surface area contributed by atoms with Crippen molar-refractivity contribution in [3.8, 4) is 0 Å². The van der Waals surface area contributed by atoms with Gasteiger partial charge in [-0.15, -0.1) is 11.6 Å². The lowest BCUT2D eigenvalue weighted by atomic mass is 9.94. The van der Waals surface area contributed by atoms with E-state index in [9.17, 15) is 4.39 Å². The summed E-state index contributed by atoms with van der Waals surface area (Å²) in [5.41, 5.74) is 1.81. The summed E-state index contributed by atoms with van der Waals surface area (Å²) in [6, 6.07) is 8.11. The van der Waals surface area contributed by atoms with Crippen LogP contribution in [-0.4, -0.2) is 4.98 Å². The fourth-order valence-electron chi connectivity index (χ4n) is 1.83. The molecule has 0 aliphatic heterocycles. The molecule has 0 spiro atoms. The molecule has 1 aromatic carbocycles. The molecule has 0 radical (unpaired) electrons. The van der Waals surface area contributed by atoms with Crippen LogP contribution in [0.1, 0.15) is 29.3 Å². The summed E-state index contributed by atoms with van der Waals surface area (Å²) in [4.78, 5) is 3.97. The normalized spacial score (nSPS) is 14.2. The van der Waals surface area contributed by atoms with Gasteiger partial charge in [0.15, 0.2) is 0 Å². The van der Waals surface area contributed by atoms with Crippen LogP contribution in [0.5, 0.6) is 0 Å². The first-order chi connectivity index (χ1) is 8.59. The molecule has 2 rings (SSSR count). The van der Waals surface area contributed by atoms with Crippen molar-refractivity contribution in [1.29, 1.82) is 0 Å². The number of halogens is 3. The molecule has 1 nitrogen and oxygen atoms in total. The minimum absolute atomic E-state index is 0.0672. The maximum Gasteiger partial charge on any atom is 0.124 e. The van der Waals surface area contributed by atoms with Gasteiger partial charge in [0.2, 0.25) is 0 Å². The Hall–Kier alpha value is -1.12. The maximum atomic E-state index is 13.0. The summed E-state index contributed by atoms with van der Waals surface area (Å²) in [5.74, 6) is -0.290. The summed E-state index contributed by atoms with van der Waals surface area (Å²) in [7, 11) is 0. The van der Waals surface area contributed by atoms with Gasteiger partial charge in [0.25, 0.3) is 0 Å². The summed E-state index contributed by atoms with van der Waals surface area (Å²) in [6.07, 6.45) is 3.45. The minimum atomic E-state index is -0.357. The Kier molecular flexibility index (Phi) is 4.20. The van der Waals surface area contributed by atoms with Crippen LogP contribution in [0.15, 0.2) is 42.7 Å². The van der Waals surface area contributed by atoms with E-state index in [1.54, 1.807) is 18.5 Å². The Morgan fingerprint density at radius 2 is 1.83 bits per heavy atom. The fraction of sp³-hybridized carbons (Fsp3) is 0.214. The molecule has 94 valence electrons. The third-order valence-corrected chi connectivity index (χ3v) is 3.87. The number of hydrogen-bond donors (Lipinski definition) is 0. The van der Waals surface area contributed by atoms with E-state index in [4.69, 9.17) is 23.2 Å². The maximum absolute atomic E-state index is 13.0. The number of alkyl halides is 1. The van der Waals surface area contributed by atoms with Crippen molar-refractivity contribution in [2.24, 2.45) is 0 Å². The second-order valence-electron chi connectivity index (χ2n) is 4.14. The Morgan fingerprint density at radius 3 is 2.44 bits per heavy atom. The van der Waals surface area contributed by atoms with Gasteiger partial charge in [-0.2, -0.15) is 0 Å². The largest absolute Gasteiger partial charge is 0.265 e.